The van der Waals surface area contributed by atoms with Crippen LogP contribution in [0.15, 0.2) is 42.5 Å². The Morgan fingerprint density at radius 1 is 1.18 bits per heavy atom. The molecule has 2 aromatic carbocycles. The number of anilines is 1. The van der Waals surface area contributed by atoms with Gasteiger partial charge in [0.25, 0.3) is 0 Å². The molecular formula is C22H22N2O3S. The van der Waals surface area contributed by atoms with Crippen LogP contribution in [0, 0.1) is 0 Å². The number of nitrogens with zero attached hydrogens (tertiary/aromatic N) is 2. The fourth-order valence-corrected chi connectivity index (χ4v) is 4.75. The lowest BCUT2D eigenvalue weighted by Crippen LogP contribution is -2.36. The van der Waals surface area contributed by atoms with Gasteiger partial charge in [-0.15, -0.1) is 11.3 Å². The van der Waals surface area contributed by atoms with Crippen molar-refractivity contribution >= 4 is 39.1 Å². The summed E-state index contributed by atoms with van der Waals surface area (Å²) in [6, 6.07) is 13.6. The Kier molecular flexibility index (Phi) is 5.39. The summed E-state index contributed by atoms with van der Waals surface area (Å²) in [6.45, 7) is 0.692. The van der Waals surface area contributed by atoms with Crippen LogP contribution in [0.3, 0.4) is 0 Å². The van der Waals surface area contributed by atoms with E-state index >= 15 is 0 Å². The molecule has 1 aliphatic rings. The van der Waals surface area contributed by atoms with Gasteiger partial charge >= 0.3 is 5.97 Å². The highest BCUT2D eigenvalue weighted by atomic mass is 32.1. The summed E-state index contributed by atoms with van der Waals surface area (Å²) >= 11 is 1.69. The monoisotopic (exact) mass is 394 g/mol. The Balaban J connectivity index is 1.44. The zero-order chi connectivity index (χ0) is 19.5. The third kappa shape index (κ3) is 3.64. The van der Waals surface area contributed by atoms with Crippen molar-refractivity contribution in [3.05, 3.63) is 58.6 Å². The molecule has 1 aliphatic heterocycles. The largest absolute Gasteiger partial charge is 0.465 e. The van der Waals surface area contributed by atoms with E-state index in [1.807, 2.05) is 35.2 Å². The Morgan fingerprint density at radius 2 is 2.04 bits per heavy atom. The van der Waals surface area contributed by atoms with E-state index in [0.29, 0.717) is 18.5 Å². The van der Waals surface area contributed by atoms with E-state index in [-0.39, 0.29) is 11.9 Å². The molecule has 0 saturated heterocycles. The molecule has 0 radical (unpaired) electrons. The van der Waals surface area contributed by atoms with Crippen LogP contribution in [0.5, 0.6) is 0 Å². The first kappa shape index (κ1) is 18.6. The lowest BCUT2D eigenvalue weighted by atomic mass is 9.96. The zero-order valence-corrected chi connectivity index (χ0v) is 16.6. The van der Waals surface area contributed by atoms with E-state index in [0.717, 1.165) is 47.5 Å². The molecule has 3 aromatic rings. The van der Waals surface area contributed by atoms with Crippen molar-refractivity contribution in [3.8, 4) is 0 Å². The minimum absolute atomic E-state index is 0.101. The van der Waals surface area contributed by atoms with Crippen molar-refractivity contribution in [1.29, 1.82) is 0 Å². The fraction of sp³-hybridized carbons (Fsp3) is 0.318. The van der Waals surface area contributed by atoms with Crippen LogP contribution in [0.4, 0.5) is 5.69 Å². The topological polar surface area (TPSA) is 59.5 Å². The molecule has 0 bridgehead atoms. The highest BCUT2D eigenvalue weighted by molar-refractivity contribution is 7.18. The average molecular weight is 394 g/mol. The molecule has 0 saturated carbocycles. The van der Waals surface area contributed by atoms with Crippen molar-refractivity contribution in [2.45, 2.75) is 32.1 Å². The van der Waals surface area contributed by atoms with Gasteiger partial charge < -0.3 is 9.64 Å². The number of para-hydroxylation sites is 1. The number of amides is 1. The first-order valence-corrected chi connectivity index (χ1v) is 10.3. The van der Waals surface area contributed by atoms with Gasteiger partial charge in [0.05, 0.1) is 27.9 Å². The minimum atomic E-state index is -0.345. The second-order valence-corrected chi connectivity index (χ2v) is 7.99. The number of benzene rings is 2. The molecule has 144 valence electrons. The Morgan fingerprint density at radius 3 is 2.86 bits per heavy atom. The SMILES string of the molecule is COC(=O)c1cccc2c1CCCN2C(=O)CCCc1nc2ccccc2s1. The number of fused-ring (bicyclic) bond motifs is 2. The molecule has 0 atom stereocenters. The van der Waals surface area contributed by atoms with E-state index in [1.54, 1.807) is 17.4 Å². The summed E-state index contributed by atoms with van der Waals surface area (Å²) < 4.78 is 6.07. The van der Waals surface area contributed by atoms with Crippen LogP contribution in [0.2, 0.25) is 0 Å². The maximum atomic E-state index is 12.9. The van der Waals surface area contributed by atoms with Gasteiger partial charge in [0.1, 0.15) is 0 Å². The fourth-order valence-electron chi connectivity index (χ4n) is 3.74. The van der Waals surface area contributed by atoms with Crippen LogP contribution in [-0.4, -0.2) is 30.5 Å². The van der Waals surface area contributed by atoms with Gasteiger partial charge in [-0.25, -0.2) is 9.78 Å². The molecule has 1 amide bonds. The van der Waals surface area contributed by atoms with Crippen LogP contribution >= 0.6 is 11.3 Å². The number of thiazole rings is 1. The first-order valence-electron chi connectivity index (χ1n) is 9.52. The van der Waals surface area contributed by atoms with E-state index < -0.39 is 0 Å². The second-order valence-electron chi connectivity index (χ2n) is 6.87. The number of aromatic nitrogens is 1. The number of rotatable bonds is 5. The number of ether oxygens (including phenoxy) is 1. The van der Waals surface area contributed by atoms with Crippen molar-refractivity contribution in [2.24, 2.45) is 0 Å². The van der Waals surface area contributed by atoms with Crippen molar-refractivity contribution in [2.75, 3.05) is 18.6 Å². The Bertz CT molecular complexity index is 995. The van der Waals surface area contributed by atoms with Gasteiger partial charge in [0.2, 0.25) is 5.91 Å². The summed E-state index contributed by atoms with van der Waals surface area (Å²) in [5, 5.41) is 1.07. The number of carbonyl (C=O) groups excluding carboxylic acids is 2. The minimum Gasteiger partial charge on any atom is -0.465 e. The van der Waals surface area contributed by atoms with Crippen LogP contribution in [0.25, 0.3) is 10.2 Å². The van der Waals surface area contributed by atoms with E-state index in [2.05, 4.69) is 11.1 Å². The summed E-state index contributed by atoms with van der Waals surface area (Å²) in [4.78, 5) is 31.4. The van der Waals surface area contributed by atoms with Gasteiger partial charge in [-0.2, -0.15) is 0 Å². The molecule has 5 nitrogen and oxygen atoms in total. The predicted molar refractivity (Wildman–Crippen MR) is 111 cm³/mol. The van der Waals surface area contributed by atoms with Gasteiger partial charge in [-0.3, -0.25) is 4.79 Å². The second kappa shape index (κ2) is 8.10. The third-order valence-corrected chi connectivity index (χ3v) is 6.17. The number of esters is 1. The molecule has 0 aliphatic carbocycles. The Labute approximate surface area is 168 Å². The highest BCUT2D eigenvalue weighted by Gasteiger charge is 2.26. The van der Waals surface area contributed by atoms with Crippen molar-refractivity contribution in [1.82, 2.24) is 4.98 Å². The molecule has 6 heteroatoms. The molecule has 1 aromatic heterocycles. The smallest absolute Gasteiger partial charge is 0.338 e. The van der Waals surface area contributed by atoms with E-state index in [4.69, 9.17) is 4.74 Å². The van der Waals surface area contributed by atoms with Gasteiger partial charge in [0.15, 0.2) is 0 Å². The quantitative estimate of drug-likeness (QED) is 0.603. The standard InChI is InChI=1S/C22H22N2O3S/c1-27-22(26)16-7-4-10-18-15(16)8-6-14-24(18)21(25)13-5-12-20-23-17-9-2-3-11-19(17)28-20/h2-4,7,9-11H,5-6,8,12-14H2,1H3. The van der Waals surface area contributed by atoms with Crippen molar-refractivity contribution < 1.29 is 14.3 Å². The molecule has 0 spiro atoms. The van der Waals surface area contributed by atoms with E-state index in [9.17, 15) is 9.59 Å². The number of hydrogen-bond acceptors (Lipinski definition) is 5. The molecular weight excluding hydrogens is 372 g/mol. The van der Waals surface area contributed by atoms with Crippen LogP contribution in [-0.2, 0) is 22.4 Å². The molecule has 2 heterocycles. The average Bonchev–Trinajstić information content (AvgIpc) is 3.15. The zero-order valence-electron chi connectivity index (χ0n) is 15.8. The first-order chi connectivity index (χ1) is 13.7. The highest BCUT2D eigenvalue weighted by Crippen LogP contribution is 2.31. The number of methoxy groups -OCH3 is 1. The maximum absolute atomic E-state index is 12.9. The lowest BCUT2D eigenvalue weighted by molar-refractivity contribution is -0.118. The summed E-state index contributed by atoms with van der Waals surface area (Å²) in [5.74, 6) is -0.244. The summed E-state index contributed by atoms with van der Waals surface area (Å²) in [7, 11) is 1.38. The third-order valence-electron chi connectivity index (χ3n) is 5.08. The van der Waals surface area contributed by atoms with Gasteiger partial charge in [-0.1, -0.05) is 18.2 Å². The summed E-state index contributed by atoms with van der Waals surface area (Å²) in [5.41, 5.74) is 3.35. The van der Waals surface area contributed by atoms with Gasteiger partial charge in [-0.05, 0) is 55.5 Å². The van der Waals surface area contributed by atoms with Crippen LogP contribution in [0.1, 0.15) is 40.2 Å². The maximum Gasteiger partial charge on any atom is 0.338 e. The normalized spacial score (nSPS) is 13.4. The van der Waals surface area contributed by atoms with Crippen molar-refractivity contribution in [3.63, 3.8) is 0 Å². The number of hydrogen-bond donors (Lipinski definition) is 0. The molecule has 28 heavy (non-hydrogen) atoms. The van der Waals surface area contributed by atoms with Crippen LogP contribution < -0.4 is 4.90 Å². The summed E-state index contributed by atoms with van der Waals surface area (Å²) in [6.07, 6.45) is 3.67. The van der Waals surface area contributed by atoms with E-state index in [1.165, 1.54) is 11.8 Å². The lowest BCUT2D eigenvalue weighted by Gasteiger charge is -2.30. The number of aryl methyl sites for hydroxylation is 1. The predicted octanol–water partition coefficient (Wildman–Crippen LogP) is 4.39. The molecule has 0 N–H and O–H groups in total. The van der Waals surface area contributed by atoms with Gasteiger partial charge in [0, 0.05) is 18.7 Å². The Hall–Kier alpha value is -2.73. The molecule has 0 fully saturated rings. The molecule has 0 unspecified atom stereocenters. The number of carbonyl (C=O) groups is 2. The molecule has 4 rings (SSSR count).